The van der Waals surface area contributed by atoms with Crippen molar-refractivity contribution in [3.05, 3.63) is 52.3 Å². The first kappa shape index (κ1) is 14.3. The summed E-state index contributed by atoms with van der Waals surface area (Å²) in [6, 6.07) is 9.05. The minimum atomic E-state index is -4.45. The summed E-state index contributed by atoms with van der Waals surface area (Å²) in [5.41, 5.74) is 0.587. The molecule has 20 heavy (non-hydrogen) atoms. The van der Waals surface area contributed by atoms with Crippen LogP contribution in [0.25, 0.3) is 0 Å². The minimum Gasteiger partial charge on any atom is -0.353 e. The van der Waals surface area contributed by atoms with Crippen molar-refractivity contribution in [3.8, 4) is 6.07 Å². The fourth-order valence-corrected chi connectivity index (χ4v) is 1.95. The van der Waals surface area contributed by atoms with Gasteiger partial charge in [0.05, 0.1) is 29.2 Å². The normalized spacial score (nSPS) is 10.9. The molecule has 0 atom stereocenters. The molecule has 1 aromatic heterocycles. The number of rotatable bonds is 2. The van der Waals surface area contributed by atoms with Crippen molar-refractivity contribution in [3.63, 3.8) is 0 Å². The number of hydrogen-bond donors (Lipinski definition) is 1. The SMILES string of the molecule is N#Cc1ccc(Nc2ccc(C(F)(F)F)nc2)c(Br)c1. The summed E-state index contributed by atoms with van der Waals surface area (Å²) in [5, 5.41) is 11.7. The van der Waals surface area contributed by atoms with Crippen LogP contribution in [0.1, 0.15) is 11.3 Å². The number of aromatic nitrogens is 1. The molecular formula is C13H7BrF3N3. The largest absolute Gasteiger partial charge is 0.433 e. The lowest BCUT2D eigenvalue weighted by atomic mass is 10.2. The maximum atomic E-state index is 12.4. The molecule has 0 amide bonds. The Morgan fingerprint density at radius 2 is 1.95 bits per heavy atom. The highest BCUT2D eigenvalue weighted by atomic mass is 79.9. The number of pyridine rings is 1. The summed E-state index contributed by atoms with van der Waals surface area (Å²) in [6.45, 7) is 0. The molecule has 0 aliphatic heterocycles. The van der Waals surface area contributed by atoms with Gasteiger partial charge in [-0.25, -0.2) is 4.98 Å². The molecule has 7 heteroatoms. The molecule has 2 aromatic rings. The van der Waals surface area contributed by atoms with E-state index in [0.717, 1.165) is 12.3 Å². The number of alkyl halides is 3. The van der Waals surface area contributed by atoms with Gasteiger partial charge in [0, 0.05) is 4.47 Å². The van der Waals surface area contributed by atoms with Crippen LogP contribution in [0.4, 0.5) is 24.5 Å². The highest BCUT2D eigenvalue weighted by molar-refractivity contribution is 9.10. The minimum absolute atomic E-state index is 0.420. The van der Waals surface area contributed by atoms with Gasteiger partial charge in [-0.05, 0) is 46.3 Å². The van der Waals surface area contributed by atoms with Gasteiger partial charge in [-0.3, -0.25) is 0 Å². The first-order valence-corrected chi connectivity index (χ1v) is 6.19. The van der Waals surface area contributed by atoms with Gasteiger partial charge in [-0.1, -0.05) is 0 Å². The van der Waals surface area contributed by atoms with Crippen molar-refractivity contribution in [2.24, 2.45) is 0 Å². The molecule has 1 N–H and O–H groups in total. The third-order valence-corrected chi connectivity index (χ3v) is 3.09. The first-order chi connectivity index (χ1) is 9.40. The summed E-state index contributed by atoms with van der Waals surface area (Å²) in [6.07, 6.45) is -3.35. The van der Waals surface area contributed by atoms with E-state index in [4.69, 9.17) is 5.26 Å². The number of hydrogen-bond acceptors (Lipinski definition) is 3. The van der Waals surface area contributed by atoms with Crippen molar-refractivity contribution in [1.82, 2.24) is 4.98 Å². The van der Waals surface area contributed by atoms with Gasteiger partial charge in [-0.15, -0.1) is 0 Å². The summed E-state index contributed by atoms with van der Waals surface area (Å²) in [7, 11) is 0. The van der Waals surface area contributed by atoms with Gasteiger partial charge in [-0.2, -0.15) is 18.4 Å². The molecule has 0 aliphatic carbocycles. The number of nitriles is 1. The smallest absolute Gasteiger partial charge is 0.353 e. The van der Waals surface area contributed by atoms with Crippen LogP contribution in [0, 0.1) is 11.3 Å². The lowest BCUT2D eigenvalue weighted by Crippen LogP contribution is -2.07. The van der Waals surface area contributed by atoms with E-state index < -0.39 is 11.9 Å². The molecule has 0 unspecified atom stereocenters. The van der Waals surface area contributed by atoms with Crippen LogP contribution in [0.15, 0.2) is 41.0 Å². The molecule has 2 rings (SSSR count). The Labute approximate surface area is 121 Å². The van der Waals surface area contributed by atoms with E-state index in [2.05, 4.69) is 26.2 Å². The Hall–Kier alpha value is -2.07. The number of nitrogens with one attached hydrogen (secondary N) is 1. The highest BCUT2D eigenvalue weighted by Crippen LogP contribution is 2.30. The topological polar surface area (TPSA) is 48.7 Å². The fourth-order valence-electron chi connectivity index (χ4n) is 1.48. The van der Waals surface area contributed by atoms with Gasteiger partial charge >= 0.3 is 6.18 Å². The molecule has 0 fully saturated rings. The zero-order valence-electron chi connectivity index (χ0n) is 9.87. The van der Waals surface area contributed by atoms with Crippen LogP contribution in [-0.4, -0.2) is 4.98 Å². The van der Waals surface area contributed by atoms with E-state index in [1.54, 1.807) is 18.2 Å². The maximum absolute atomic E-state index is 12.4. The fraction of sp³-hybridized carbons (Fsp3) is 0.0769. The number of halogens is 4. The van der Waals surface area contributed by atoms with Crippen LogP contribution in [0.5, 0.6) is 0 Å². The molecular weight excluding hydrogens is 335 g/mol. The van der Waals surface area contributed by atoms with Crippen molar-refractivity contribution < 1.29 is 13.2 Å². The zero-order valence-corrected chi connectivity index (χ0v) is 11.5. The van der Waals surface area contributed by atoms with E-state index >= 15 is 0 Å². The Balaban J connectivity index is 2.21. The van der Waals surface area contributed by atoms with Gasteiger partial charge in [0.25, 0.3) is 0 Å². The van der Waals surface area contributed by atoms with Crippen LogP contribution < -0.4 is 5.32 Å². The second kappa shape index (κ2) is 5.51. The van der Waals surface area contributed by atoms with Crippen molar-refractivity contribution in [1.29, 1.82) is 5.26 Å². The summed E-state index contributed by atoms with van der Waals surface area (Å²) < 4.78 is 37.8. The second-order valence-electron chi connectivity index (χ2n) is 3.86. The van der Waals surface area contributed by atoms with Crippen LogP contribution in [0.3, 0.4) is 0 Å². The summed E-state index contributed by atoms with van der Waals surface area (Å²) in [5.74, 6) is 0. The molecule has 0 bridgehead atoms. The molecule has 0 spiro atoms. The molecule has 3 nitrogen and oxygen atoms in total. The Morgan fingerprint density at radius 1 is 1.20 bits per heavy atom. The van der Waals surface area contributed by atoms with Crippen LogP contribution >= 0.6 is 15.9 Å². The van der Waals surface area contributed by atoms with Gasteiger partial charge < -0.3 is 5.32 Å². The van der Waals surface area contributed by atoms with E-state index in [-0.39, 0.29) is 0 Å². The monoisotopic (exact) mass is 341 g/mol. The van der Waals surface area contributed by atoms with Crippen LogP contribution in [-0.2, 0) is 6.18 Å². The molecule has 0 aliphatic rings. The molecule has 1 aromatic carbocycles. The quantitative estimate of drug-likeness (QED) is 0.876. The van der Waals surface area contributed by atoms with Gasteiger partial charge in [0.1, 0.15) is 5.69 Å². The van der Waals surface area contributed by atoms with E-state index in [0.29, 0.717) is 21.4 Å². The third kappa shape index (κ3) is 3.27. The number of anilines is 2. The van der Waals surface area contributed by atoms with E-state index in [1.165, 1.54) is 6.07 Å². The zero-order chi connectivity index (χ0) is 14.8. The van der Waals surface area contributed by atoms with Crippen molar-refractivity contribution >= 4 is 27.3 Å². The van der Waals surface area contributed by atoms with E-state index in [1.807, 2.05) is 6.07 Å². The molecule has 0 saturated heterocycles. The molecule has 102 valence electrons. The number of benzene rings is 1. The maximum Gasteiger partial charge on any atom is 0.433 e. The Bertz CT molecular complexity index is 660. The standard InChI is InChI=1S/C13H7BrF3N3/c14-10-5-8(6-18)1-3-11(10)20-9-2-4-12(19-7-9)13(15,16)17/h1-5,7,20H. The van der Waals surface area contributed by atoms with Crippen LogP contribution in [0.2, 0.25) is 0 Å². The van der Waals surface area contributed by atoms with Gasteiger partial charge in [0.15, 0.2) is 0 Å². The molecule has 0 radical (unpaired) electrons. The van der Waals surface area contributed by atoms with Crippen molar-refractivity contribution in [2.45, 2.75) is 6.18 Å². The first-order valence-electron chi connectivity index (χ1n) is 5.40. The Kier molecular flexibility index (Phi) is 3.95. The van der Waals surface area contributed by atoms with Crippen molar-refractivity contribution in [2.75, 3.05) is 5.32 Å². The van der Waals surface area contributed by atoms with Gasteiger partial charge in [0.2, 0.25) is 0 Å². The summed E-state index contributed by atoms with van der Waals surface area (Å²) in [4.78, 5) is 3.35. The number of nitrogens with zero attached hydrogens (tertiary/aromatic N) is 2. The molecule has 1 heterocycles. The molecule has 0 saturated carbocycles. The predicted molar refractivity (Wildman–Crippen MR) is 71.4 cm³/mol. The highest BCUT2D eigenvalue weighted by Gasteiger charge is 2.31. The lowest BCUT2D eigenvalue weighted by Gasteiger charge is -2.10. The second-order valence-corrected chi connectivity index (χ2v) is 4.72. The predicted octanol–water partition coefficient (Wildman–Crippen LogP) is 4.48. The lowest BCUT2D eigenvalue weighted by molar-refractivity contribution is -0.141. The summed E-state index contributed by atoms with van der Waals surface area (Å²) >= 11 is 3.28. The average molecular weight is 342 g/mol. The Morgan fingerprint density at radius 3 is 2.45 bits per heavy atom. The average Bonchev–Trinajstić information content (AvgIpc) is 2.40. The third-order valence-electron chi connectivity index (χ3n) is 2.43. The van der Waals surface area contributed by atoms with E-state index in [9.17, 15) is 13.2 Å².